The standard InChI is InChI=1S/C28H22N2S.C13H13N3O/c29-23-15-11-21(12-16-23)27-25(19-7-3-1-4-8-19)26(20-9-5-2-6-10-20)28(31-27)22-13-17-24(30)18-14-22;14-10-3-1-9(2-4-10)13(17)16-12-7-5-11(15)6-8-12/h1-18H,29-30H2;1-8H,14-15H2,(H,16,17). The number of nitrogen functional groups attached to an aromatic ring is 4. The number of nitrogens with one attached hydrogen (secondary N) is 1. The summed E-state index contributed by atoms with van der Waals surface area (Å²) >= 11 is 1.81. The maximum Gasteiger partial charge on any atom is 0.255 e. The molecule has 0 atom stereocenters. The molecule has 9 N–H and O–H groups in total. The summed E-state index contributed by atoms with van der Waals surface area (Å²) in [6.45, 7) is 0. The van der Waals surface area contributed by atoms with Gasteiger partial charge >= 0.3 is 0 Å². The summed E-state index contributed by atoms with van der Waals surface area (Å²) in [5, 5.41) is 2.77. The van der Waals surface area contributed by atoms with Gasteiger partial charge in [-0.15, -0.1) is 11.3 Å². The highest BCUT2D eigenvalue weighted by molar-refractivity contribution is 7.20. The van der Waals surface area contributed by atoms with Gasteiger partial charge in [-0.3, -0.25) is 4.79 Å². The van der Waals surface area contributed by atoms with Crippen LogP contribution in [0.25, 0.3) is 43.1 Å². The first-order chi connectivity index (χ1) is 23.4. The van der Waals surface area contributed by atoms with E-state index >= 15 is 0 Å². The Morgan fingerprint density at radius 1 is 0.417 bits per heavy atom. The van der Waals surface area contributed by atoms with Crippen LogP contribution >= 0.6 is 11.3 Å². The lowest BCUT2D eigenvalue weighted by molar-refractivity contribution is 0.102. The molecular formula is C41H35N5OS. The van der Waals surface area contributed by atoms with Crippen LogP contribution in [0.4, 0.5) is 28.4 Å². The molecule has 6 aromatic carbocycles. The Labute approximate surface area is 284 Å². The maximum absolute atomic E-state index is 11.8. The van der Waals surface area contributed by atoms with Gasteiger partial charge in [0, 0.05) is 54.9 Å². The SMILES string of the molecule is Nc1ccc(-c2sc(-c3ccc(N)cc3)c(-c3ccccc3)c2-c2ccccc2)cc1.Nc1ccc(NC(=O)c2ccc(N)cc2)cc1. The molecule has 0 aliphatic rings. The number of carbonyl (C=O) groups excluding carboxylic acids is 1. The molecule has 0 fully saturated rings. The molecule has 7 rings (SSSR count). The lowest BCUT2D eigenvalue weighted by Gasteiger charge is -2.11. The van der Waals surface area contributed by atoms with Crippen molar-refractivity contribution in [1.29, 1.82) is 0 Å². The molecule has 0 unspecified atom stereocenters. The van der Waals surface area contributed by atoms with E-state index in [2.05, 4.69) is 90.2 Å². The fraction of sp³-hybridized carbons (Fsp3) is 0. The van der Waals surface area contributed by atoms with Crippen LogP contribution in [-0.4, -0.2) is 5.91 Å². The van der Waals surface area contributed by atoms with Gasteiger partial charge in [-0.1, -0.05) is 84.9 Å². The summed E-state index contributed by atoms with van der Waals surface area (Å²) in [6.07, 6.45) is 0. The molecule has 7 heteroatoms. The van der Waals surface area contributed by atoms with E-state index in [-0.39, 0.29) is 5.91 Å². The highest BCUT2D eigenvalue weighted by Crippen LogP contribution is 2.52. The van der Waals surface area contributed by atoms with Crippen LogP contribution < -0.4 is 28.3 Å². The molecule has 1 amide bonds. The topological polar surface area (TPSA) is 133 Å². The minimum atomic E-state index is -0.172. The Morgan fingerprint density at radius 3 is 1.17 bits per heavy atom. The molecule has 0 aliphatic heterocycles. The van der Waals surface area contributed by atoms with Gasteiger partial charge in [-0.25, -0.2) is 0 Å². The molecule has 0 spiro atoms. The van der Waals surface area contributed by atoms with E-state index in [1.54, 1.807) is 48.5 Å². The molecule has 0 saturated heterocycles. The predicted octanol–water partition coefficient (Wildman–Crippen LogP) is 9.68. The van der Waals surface area contributed by atoms with Crippen LogP contribution in [-0.2, 0) is 0 Å². The Balaban J connectivity index is 0.000000200. The second kappa shape index (κ2) is 14.4. The van der Waals surface area contributed by atoms with Crippen LogP contribution in [0.5, 0.6) is 0 Å². The number of amides is 1. The number of benzene rings is 6. The van der Waals surface area contributed by atoms with Crippen LogP contribution in [0.1, 0.15) is 10.4 Å². The summed E-state index contributed by atoms with van der Waals surface area (Å²) in [7, 11) is 0. The molecule has 0 radical (unpaired) electrons. The third-order valence-electron chi connectivity index (χ3n) is 7.72. The number of carbonyl (C=O) groups is 1. The van der Waals surface area contributed by atoms with Crippen molar-refractivity contribution in [2.75, 3.05) is 28.3 Å². The van der Waals surface area contributed by atoms with Crippen molar-refractivity contribution >= 4 is 45.7 Å². The van der Waals surface area contributed by atoms with E-state index in [0.717, 1.165) is 22.5 Å². The molecule has 0 saturated carbocycles. The van der Waals surface area contributed by atoms with Gasteiger partial charge in [0.15, 0.2) is 0 Å². The fourth-order valence-electron chi connectivity index (χ4n) is 5.27. The van der Waals surface area contributed by atoms with Gasteiger partial charge in [0.25, 0.3) is 5.91 Å². The summed E-state index contributed by atoms with van der Waals surface area (Å²) < 4.78 is 0. The van der Waals surface area contributed by atoms with Crippen LogP contribution in [0.3, 0.4) is 0 Å². The molecule has 6 nitrogen and oxygen atoms in total. The van der Waals surface area contributed by atoms with E-state index in [0.29, 0.717) is 22.6 Å². The summed E-state index contributed by atoms with van der Waals surface area (Å²) in [4.78, 5) is 14.3. The van der Waals surface area contributed by atoms with Crippen molar-refractivity contribution in [1.82, 2.24) is 0 Å². The second-order valence-corrected chi connectivity index (χ2v) is 12.2. The molecular weight excluding hydrogens is 611 g/mol. The highest BCUT2D eigenvalue weighted by Gasteiger charge is 2.23. The number of hydrogen-bond donors (Lipinski definition) is 5. The summed E-state index contributed by atoms with van der Waals surface area (Å²) in [5.74, 6) is -0.172. The first kappa shape index (κ1) is 31.7. The second-order valence-electron chi connectivity index (χ2n) is 11.2. The first-order valence-corrected chi connectivity index (χ1v) is 16.2. The van der Waals surface area contributed by atoms with E-state index in [1.807, 2.05) is 35.6 Å². The van der Waals surface area contributed by atoms with Crippen molar-refractivity contribution in [3.8, 4) is 43.1 Å². The van der Waals surface area contributed by atoms with Gasteiger partial charge in [-0.2, -0.15) is 0 Å². The Kier molecular flexibility index (Phi) is 9.51. The van der Waals surface area contributed by atoms with E-state index < -0.39 is 0 Å². The van der Waals surface area contributed by atoms with Crippen molar-refractivity contribution in [3.63, 3.8) is 0 Å². The van der Waals surface area contributed by atoms with Gasteiger partial charge in [0.2, 0.25) is 0 Å². The van der Waals surface area contributed by atoms with E-state index in [1.165, 1.54) is 32.0 Å². The van der Waals surface area contributed by atoms with Crippen molar-refractivity contribution in [2.45, 2.75) is 0 Å². The number of anilines is 5. The van der Waals surface area contributed by atoms with E-state index in [9.17, 15) is 4.79 Å². The third-order valence-corrected chi connectivity index (χ3v) is 9.01. The average molecular weight is 646 g/mol. The highest BCUT2D eigenvalue weighted by atomic mass is 32.1. The van der Waals surface area contributed by atoms with Crippen molar-refractivity contribution in [3.05, 3.63) is 163 Å². The quantitative estimate of drug-likeness (QED) is 0.115. The lowest BCUT2D eigenvalue weighted by Crippen LogP contribution is -2.11. The summed E-state index contributed by atoms with van der Waals surface area (Å²) in [5.41, 5.74) is 34.4. The minimum absolute atomic E-state index is 0.172. The molecule has 0 bridgehead atoms. The summed E-state index contributed by atoms with van der Waals surface area (Å²) in [6, 6.07) is 51.2. The molecule has 236 valence electrons. The lowest BCUT2D eigenvalue weighted by atomic mass is 9.91. The average Bonchev–Trinajstić information content (AvgIpc) is 3.52. The van der Waals surface area contributed by atoms with Crippen LogP contribution in [0.2, 0.25) is 0 Å². The smallest absolute Gasteiger partial charge is 0.255 e. The number of rotatable bonds is 6. The Bertz CT molecular complexity index is 2010. The Hall–Kier alpha value is -6.31. The monoisotopic (exact) mass is 645 g/mol. The zero-order chi connectivity index (χ0) is 33.5. The van der Waals surface area contributed by atoms with Gasteiger partial charge in [0.05, 0.1) is 0 Å². The van der Waals surface area contributed by atoms with Crippen LogP contribution in [0, 0.1) is 0 Å². The normalized spacial score (nSPS) is 10.5. The van der Waals surface area contributed by atoms with Crippen molar-refractivity contribution in [2.24, 2.45) is 0 Å². The predicted molar refractivity (Wildman–Crippen MR) is 205 cm³/mol. The van der Waals surface area contributed by atoms with E-state index in [4.69, 9.17) is 22.9 Å². The largest absolute Gasteiger partial charge is 0.399 e. The van der Waals surface area contributed by atoms with Crippen LogP contribution in [0.15, 0.2) is 158 Å². The molecule has 48 heavy (non-hydrogen) atoms. The Morgan fingerprint density at radius 2 is 0.771 bits per heavy atom. The van der Waals surface area contributed by atoms with Gasteiger partial charge in [0.1, 0.15) is 0 Å². The first-order valence-electron chi connectivity index (χ1n) is 15.4. The number of hydrogen-bond acceptors (Lipinski definition) is 6. The number of thiophene rings is 1. The molecule has 7 aromatic rings. The van der Waals surface area contributed by atoms with Gasteiger partial charge < -0.3 is 28.3 Å². The zero-order valence-electron chi connectivity index (χ0n) is 26.1. The fourth-order valence-corrected chi connectivity index (χ4v) is 6.63. The maximum atomic E-state index is 11.8. The molecule has 1 aromatic heterocycles. The molecule has 0 aliphatic carbocycles. The number of nitrogens with two attached hydrogens (primary N) is 4. The third kappa shape index (κ3) is 7.39. The molecule has 1 heterocycles. The van der Waals surface area contributed by atoms with Gasteiger partial charge in [-0.05, 0) is 95.1 Å². The van der Waals surface area contributed by atoms with Crippen molar-refractivity contribution < 1.29 is 4.79 Å². The minimum Gasteiger partial charge on any atom is -0.399 e. The zero-order valence-corrected chi connectivity index (χ0v) is 27.0.